The summed E-state index contributed by atoms with van der Waals surface area (Å²) in [6.45, 7) is 3.34. The molecule has 0 aromatic heterocycles. The van der Waals surface area contributed by atoms with E-state index in [1.165, 1.54) is 4.90 Å². The van der Waals surface area contributed by atoms with E-state index in [9.17, 15) is 9.59 Å². The van der Waals surface area contributed by atoms with Gasteiger partial charge in [-0.05, 0) is 56.3 Å². The molecule has 0 aliphatic heterocycles. The van der Waals surface area contributed by atoms with Crippen molar-refractivity contribution in [3.63, 3.8) is 0 Å². The Hall–Kier alpha value is -2.53. The van der Waals surface area contributed by atoms with Crippen LogP contribution in [0.4, 0.5) is 5.69 Å². The number of hydrogen-bond acceptors (Lipinski definition) is 3. The highest BCUT2D eigenvalue weighted by Crippen LogP contribution is 2.22. The molecule has 0 aliphatic rings. The van der Waals surface area contributed by atoms with Crippen LogP contribution in [0.25, 0.3) is 0 Å². The minimum Gasteiger partial charge on any atom is -0.478 e. The number of nitrogens with zero attached hydrogens (tertiary/aromatic N) is 1. The molecule has 0 bridgehead atoms. The van der Waals surface area contributed by atoms with Crippen molar-refractivity contribution in [1.82, 2.24) is 4.90 Å². The lowest BCUT2D eigenvalue weighted by atomic mass is 10.1. The van der Waals surface area contributed by atoms with Crippen molar-refractivity contribution >= 4 is 29.1 Å². The van der Waals surface area contributed by atoms with Gasteiger partial charge in [-0.1, -0.05) is 17.7 Å². The molecule has 25 heavy (non-hydrogen) atoms. The Bertz CT molecular complexity index is 770. The summed E-state index contributed by atoms with van der Waals surface area (Å²) in [4.78, 5) is 26.1. The predicted molar refractivity (Wildman–Crippen MR) is 99.2 cm³/mol. The topological polar surface area (TPSA) is 58.6 Å². The maximum Gasteiger partial charge on any atom is 0.267 e. The summed E-state index contributed by atoms with van der Waals surface area (Å²) >= 11 is 5.85. The van der Waals surface area contributed by atoms with Crippen LogP contribution >= 0.6 is 11.6 Å². The number of benzene rings is 2. The molecule has 0 fully saturated rings. The molecule has 2 amide bonds. The van der Waals surface area contributed by atoms with Crippen molar-refractivity contribution in [2.75, 3.05) is 19.4 Å². The summed E-state index contributed by atoms with van der Waals surface area (Å²) in [5.41, 5.74) is -0.0697. The van der Waals surface area contributed by atoms with Gasteiger partial charge in [-0.3, -0.25) is 9.59 Å². The van der Waals surface area contributed by atoms with Crippen LogP contribution in [0.15, 0.2) is 48.5 Å². The first-order valence-corrected chi connectivity index (χ1v) is 8.14. The molecule has 0 radical (unpaired) electrons. The average Bonchev–Trinajstić information content (AvgIpc) is 2.56. The standard InChI is InChI=1S/C19H21ClN2O3/c1-19(2,25-16-10-8-14(20)9-11-16)18(24)21-15-7-5-6-13(12-15)17(23)22(3)4/h5-12H,1-4H3,(H,21,24). The van der Waals surface area contributed by atoms with Gasteiger partial charge in [0.2, 0.25) is 0 Å². The smallest absolute Gasteiger partial charge is 0.267 e. The Kier molecular flexibility index (Phi) is 5.69. The van der Waals surface area contributed by atoms with Crippen LogP contribution < -0.4 is 10.1 Å². The molecule has 132 valence electrons. The fourth-order valence-electron chi connectivity index (χ4n) is 2.11. The van der Waals surface area contributed by atoms with E-state index >= 15 is 0 Å². The second kappa shape index (κ2) is 7.57. The predicted octanol–water partition coefficient (Wildman–Crippen LogP) is 3.84. The minimum atomic E-state index is -1.10. The van der Waals surface area contributed by atoms with Crippen molar-refractivity contribution < 1.29 is 14.3 Å². The number of hydrogen-bond donors (Lipinski definition) is 1. The Morgan fingerprint density at radius 2 is 1.72 bits per heavy atom. The van der Waals surface area contributed by atoms with Gasteiger partial charge >= 0.3 is 0 Å². The highest BCUT2D eigenvalue weighted by Gasteiger charge is 2.30. The van der Waals surface area contributed by atoms with Crippen LogP contribution in [0.1, 0.15) is 24.2 Å². The maximum atomic E-state index is 12.6. The molecule has 0 heterocycles. The maximum absolute atomic E-state index is 12.6. The number of amides is 2. The largest absolute Gasteiger partial charge is 0.478 e. The van der Waals surface area contributed by atoms with Gasteiger partial charge in [0.15, 0.2) is 5.60 Å². The van der Waals surface area contributed by atoms with Gasteiger partial charge in [0, 0.05) is 30.4 Å². The second-order valence-electron chi connectivity index (χ2n) is 6.30. The van der Waals surface area contributed by atoms with Crippen LogP contribution in [0.5, 0.6) is 5.75 Å². The SMILES string of the molecule is CN(C)C(=O)c1cccc(NC(=O)C(C)(C)Oc2ccc(Cl)cc2)c1. The molecule has 0 atom stereocenters. The number of nitrogens with one attached hydrogen (secondary N) is 1. The van der Waals surface area contributed by atoms with Crippen LogP contribution in [0.3, 0.4) is 0 Å². The van der Waals surface area contributed by atoms with E-state index in [2.05, 4.69) is 5.32 Å². The van der Waals surface area contributed by atoms with Gasteiger partial charge in [0.05, 0.1) is 0 Å². The number of halogens is 1. The molecule has 5 nitrogen and oxygen atoms in total. The third kappa shape index (κ3) is 4.97. The first-order chi connectivity index (χ1) is 11.7. The molecule has 0 saturated carbocycles. The van der Waals surface area contributed by atoms with Gasteiger partial charge < -0.3 is 15.0 Å². The zero-order valence-electron chi connectivity index (χ0n) is 14.7. The summed E-state index contributed by atoms with van der Waals surface area (Å²) in [5, 5.41) is 3.38. The molecular weight excluding hydrogens is 340 g/mol. The van der Waals surface area contributed by atoms with Gasteiger partial charge in [0.1, 0.15) is 5.75 Å². The summed E-state index contributed by atoms with van der Waals surface area (Å²) in [6.07, 6.45) is 0. The Labute approximate surface area is 152 Å². The van der Waals surface area contributed by atoms with E-state index in [4.69, 9.17) is 16.3 Å². The molecule has 1 N–H and O–H groups in total. The summed E-state index contributed by atoms with van der Waals surface area (Å²) < 4.78 is 5.76. The normalized spacial score (nSPS) is 10.9. The summed E-state index contributed by atoms with van der Waals surface area (Å²) in [7, 11) is 3.35. The quantitative estimate of drug-likeness (QED) is 0.881. The molecule has 2 aromatic carbocycles. The average molecular weight is 361 g/mol. The Balaban J connectivity index is 2.11. The molecule has 2 rings (SSSR count). The molecule has 0 unspecified atom stereocenters. The van der Waals surface area contributed by atoms with E-state index < -0.39 is 5.60 Å². The Morgan fingerprint density at radius 1 is 1.08 bits per heavy atom. The fraction of sp³-hybridized carbons (Fsp3) is 0.263. The molecule has 2 aromatic rings. The van der Waals surface area contributed by atoms with Crippen molar-refractivity contribution in [2.45, 2.75) is 19.4 Å². The van der Waals surface area contributed by atoms with E-state index in [1.807, 2.05) is 0 Å². The molecule has 0 saturated heterocycles. The Morgan fingerprint density at radius 3 is 2.32 bits per heavy atom. The van der Waals surface area contributed by atoms with E-state index in [0.717, 1.165) is 0 Å². The van der Waals surface area contributed by atoms with Crippen LogP contribution in [0, 0.1) is 0 Å². The van der Waals surface area contributed by atoms with E-state index in [-0.39, 0.29) is 11.8 Å². The zero-order chi connectivity index (χ0) is 18.6. The van der Waals surface area contributed by atoms with Crippen molar-refractivity contribution in [1.29, 1.82) is 0 Å². The highest BCUT2D eigenvalue weighted by atomic mass is 35.5. The number of rotatable bonds is 5. The fourth-order valence-corrected chi connectivity index (χ4v) is 2.24. The van der Waals surface area contributed by atoms with Gasteiger partial charge in [-0.15, -0.1) is 0 Å². The number of ether oxygens (including phenoxy) is 1. The van der Waals surface area contributed by atoms with E-state index in [0.29, 0.717) is 22.0 Å². The minimum absolute atomic E-state index is 0.132. The lowest BCUT2D eigenvalue weighted by Crippen LogP contribution is -2.42. The van der Waals surface area contributed by atoms with Crippen LogP contribution in [-0.2, 0) is 4.79 Å². The lowest BCUT2D eigenvalue weighted by molar-refractivity contribution is -0.128. The van der Waals surface area contributed by atoms with Gasteiger partial charge in [-0.2, -0.15) is 0 Å². The number of carbonyl (C=O) groups excluding carboxylic acids is 2. The van der Waals surface area contributed by atoms with Crippen molar-refractivity contribution in [3.05, 3.63) is 59.1 Å². The van der Waals surface area contributed by atoms with Crippen LogP contribution in [-0.4, -0.2) is 36.4 Å². The summed E-state index contributed by atoms with van der Waals surface area (Å²) in [6, 6.07) is 13.6. The number of anilines is 1. The highest BCUT2D eigenvalue weighted by molar-refractivity contribution is 6.30. The molecule has 6 heteroatoms. The van der Waals surface area contributed by atoms with Gasteiger partial charge in [0.25, 0.3) is 11.8 Å². The third-order valence-electron chi connectivity index (χ3n) is 3.51. The third-order valence-corrected chi connectivity index (χ3v) is 3.76. The first-order valence-electron chi connectivity index (χ1n) is 7.77. The van der Waals surface area contributed by atoms with Crippen molar-refractivity contribution in [3.8, 4) is 5.75 Å². The molecule has 0 spiro atoms. The first kappa shape index (κ1) is 18.8. The van der Waals surface area contributed by atoms with E-state index in [1.54, 1.807) is 76.5 Å². The number of carbonyl (C=O) groups is 2. The molecule has 0 aliphatic carbocycles. The molecular formula is C19H21ClN2O3. The van der Waals surface area contributed by atoms with Gasteiger partial charge in [-0.25, -0.2) is 0 Å². The zero-order valence-corrected chi connectivity index (χ0v) is 15.4. The van der Waals surface area contributed by atoms with Crippen LogP contribution in [0.2, 0.25) is 5.02 Å². The summed E-state index contributed by atoms with van der Waals surface area (Å²) in [5.74, 6) is 0.0887. The lowest BCUT2D eigenvalue weighted by Gasteiger charge is -2.25. The van der Waals surface area contributed by atoms with Crippen molar-refractivity contribution in [2.24, 2.45) is 0 Å². The second-order valence-corrected chi connectivity index (χ2v) is 6.74. The monoisotopic (exact) mass is 360 g/mol.